The maximum Gasteiger partial charge on any atom is 0.313 e. The third-order valence-electron chi connectivity index (χ3n) is 5.26. The van der Waals surface area contributed by atoms with E-state index in [0.717, 1.165) is 19.5 Å². The number of aliphatic carboxylic acids is 1. The Morgan fingerprint density at radius 2 is 2.00 bits per heavy atom. The molecule has 5 nitrogen and oxygen atoms in total. The zero-order valence-electron chi connectivity index (χ0n) is 14.6. The number of likely N-dealkylation sites (tertiary alicyclic amines) is 2. The Kier molecular flexibility index (Phi) is 4.71. The molecule has 0 bridgehead atoms. The SMILES string of the molecule is CC(=O)N1C[C@H]2CN(Cc3ccc(CC(C)C)s3)C[C@@]2(C(=O)O)C1. The van der Waals surface area contributed by atoms with Crippen LogP contribution < -0.4 is 0 Å². The minimum absolute atomic E-state index is 0.0202. The summed E-state index contributed by atoms with van der Waals surface area (Å²) in [6.45, 7) is 8.99. The van der Waals surface area contributed by atoms with E-state index in [1.165, 1.54) is 16.7 Å². The second-order valence-electron chi connectivity index (χ2n) is 7.69. The van der Waals surface area contributed by atoms with Gasteiger partial charge in [-0.25, -0.2) is 0 Å². The number of carbonyl (C=O) groups excluding carboxylic acids is 1. The molecule has 1 aromatic rings. The molecule has 2 atom stereocenters. The first-order valence-electron chi connectivity index (χ1n) is 8.59. The van der Waals surface area contributed by atoms with Gasteiger partial charge >= 0.3 is 5.97 Å². The summed E-state index contributed by atoms with van der Waals surface area (Å²) in [6, 6.07) is 4.37. The highest BCUT2D eigenvalue weighted by molar-refractivity contribution is 7.11. The lowest BCUT2D eigenvalue weighted by molar-refractivity contribution is -0.149. The number of thiophene rings is 1. The van der Waals surface area contributed by atoms with Crippen molar-refractivity contribution in [1.29, 1.82) is 0 Å². The number of amides is 1. The van der Waals surface area contributed by atoms with Gasteiger partial charge in [-0.15, -0.1) is 11.3 Å². The topological polar surface area (TPSA) is 60.9 Å². The normalized spacial score (nSPS) is 27.0. The van der Waals surface area contributed by atoms with Gasteiger partial charge in [0.15, 0.2) is 0 Å². The summed E-state index contributed by atoms with van der Waals surface area (Å²) in [4.78, 5) is 30.2. The molecule has 2 saturated heterocycles. The summed E-state index contributed by atoms with van der Waals surface area (Å²) in [5.41, 5.74) is -0.788. The Bertz CT molecular complexity index is 642. The van der Waals surface area contributed by atoms with Crippen molar-refractivity contribution >= 4 is 23.2 Å². The average molecular weight is 350 g/mol. The molecule has 3 heterocycles. The van der Waals surface area contributed by atoms with E-state index in [1.807, 2.05) is 11.3 Å². The number of carboxylic acid groups (broad SMARTS) is 1. The average Bonchev–Trinajstić information content (AvgIpc) is 3.11. The fourth-order valence-corrected chi connectivity index (χ4v) is 5.34. The molecule has 1 aromatic heterocycles. The molecule has 0 aliphatic carbocycles. The molecule has 3 rings (SSSR count). The molecule has 2 fully saturated rings. The molecule has 0 radical (unpaired) electrons. The van der Waals surface area contributed by atoms with Gasteiger partial charge in [0, 0.05) is 55.3 Å². The molecular weight excluding hydrogens is 324 g/mol. The molecule has 24 heavy (non-hydrogen) atoms. The highest BCUT2D eigenvalue weighted by Gasteiger charge is 2.58. The van der Waals surface area contributed by atoms with Crippen LogP contribution in [0, 0.1) is 17.3 Å². The lowest BCUT2D eigenvalue weighted by Crippen LogP contribution is -2.41. The highest BCUT2D eigenvalue weighted by atomic mass is 32.1. The Morgan fingerprint density at radius 1 is 1.29 bits per heavy atom. The maximum atomic E-state index is 11.9. The maximum absolute atomic E-state index is 11.9. The van der Waals surface area contributed by atoms with Crippen molar-refractivity contribution in [3.63, 3.8) is 0 Å². The van der Waals surface area contributed by atoms with Crippen molar-refractivity contribution < 1.29 is 14.7 Å². The fraction of sp³-hybridized carbons (Fsp3) is 0.667. The molecule has 1 N–H and O–H groups in total. The van der Waals surface area contributed by atoms with E-state index in [4.69, 9.17) is 0 Å². The zero-order chi connectivity index (χ0) is 17.5. The molecule has 0 spiro atoms. The lowest BCUT2D eigenvalue weighted by Gasteiger charge is -2.24. The molecule has 1 amide bonds. The van der Waals surface area contributed by atoms with E-state index < -0.39 is 11.4 Å². The molecular formula is C18H26N2O3S. The molecule has 0 saturated carbocycles. The molecule has 2 aliphatic heterocycles. The molecule has 0 aromatic carbocycles. The first-order valence-corrected chi connectivity index (χ1v) is 9.40. The van der Waals surface area contributed by atoms with Gasteiger partial charge in [0.2, 0.25) is 5.91 Å². The van der Waals surface area contributed by atoms with Crippen LogP contribution in [0.4, 0.5) is 0 Å². The predicted octanol–water partition coefficient (Wildman–Crippen LogP) is 2.31. The smallest absolute Gasteiger partial charge is 0.313 e. The van der Waals surface area contributed by atoms with Crippen LogP contribution in [-0.2, 0) is 22.6 Å². The minimum Gasteiger partial charge on any atom is -0.481 e. The van der Waals surface area contributed by atoms with Gasteiger partial charge in [0.1, 0.15) is 5.41 Å². The monoisotopic (exact) mass is 350 g/mol. The van der Waals surface area contributed by atoms with Gasteiger partial charge in [-0.05, 0) is 24.5 Å². The van der Waals surface area contributed by atoms with Gasteiger partial charge in [-0.1, -0.05) is 13.8 Å². The van der Waals surface area contributed by atoms with E-state index in [1.54, 1.807) is 4.90 Å². The summed E-state index contributed by atoms with van der Waals surface area (Å²) in [5, 5.41) is 9.80. The summed E-state index contributed by atoms with van der Waals surface area (Å²) in [6.07, 6.45) is 1.10. The van der Waals surface area contributed by atoms with Gasteiger partial charge < -0.3 is 10.0 Å². The number of carboxylic acids is 1. The largest absolute Gasteiger partial charge is 0.481 e. The number of carbonyl (C=O) groups is 2. The Balaban J connectivity index is 1.67. The van der Waals surface area contributed by atoms with E-state index in [0.29, 0.717) is 25.6 Å². The van der Waals surface area contributed by atoms with Gasteiger partial charge in [-0.3, -0.25) is 14.5 Å². The quantitative estimate of drug-likeness (QED) is 0.885. The Morgan fingerprint density at radius 3 is 2.58 bits per heavy atom. The second kappa shape index (κ2) is 6.48. The van der Waals surface area contributed by atoms with E-state index in [2.05, 4.69) is 30.9 Å². The van der Waals surface area contributed by atoms with Crippen LogP contribution >= 0.6 is 11.3 Å². The highest BCUT2D eigenvalue weighted by Crippen LogP contribution is 2.43. The minimum atomic E-state index is -0.788. The fourth-order valence-electron chi connectivity index (χ4n) is 4.07. The van der Waals surface area contributed by atoms with Crippen LogP contribution in [0.2, 0.25) is 0 Å². The third-order valence-corrected chi connectivity index (χ3v) is 6.35. The van der Waals surface area contributed by atoms with Crippen molar-refractivity contribution in [2.24, 2.45) is 17.3 Å². The molecule has 132 valence electrons. The zero-order valence-corrected chi connectivity index (χ0v) is 15.4. The van der Waals surface area contributed by atoms with E-state index in [-0.39, 0.29) is 11.8 Å². The lowest BCUT2D eigenvalue weighted by atomic mass is 9.81. The van der Waals surface area contributed by atoms with Crippen LogP contribution in [-0.4, -0.2) is 53.0 Å². The van der Waals surface area contributed by atoms with E-state index >= 15 is 0 Å². The van der Waals surface area contributed by atoms with Crippen LogP contribution in [0.15, 0.2) is 12.1 Å². The summed E-state index contributed by atoms with van der Waals surface area (Å²) in [7, 11) is 0. The first kappa shape index (κ1) is 17.4. The number of nitrogens with zero attached hydrogens (tertiary/aromatic N) is 2. The molecule has 6 heteroatoms. The standard InChI is InChI=1S/C18H26N2O3S/c1-12(2)6-15-4-5-16(24-15)9-19-7-14-8-20(13(3)21)11-18(14,10-19)17(22)23/h4-5,12,14H,6-11H2,1-3H3,(H,22,23)/t14-,18-/m1/s1. The van der Waals surface area contributed by atoms with Crippen molar-refractivity contribution in [3.8, 4) is 0 Å². The number of hydrogen-bond acceptors (Lipinski definition) is 4. The summed E-state index contributed by atoms with van der Waals surface area (Å²) in [5.74, 6) is -0.0944. The predicted molar refractivity (Wildman–Crippen MR) is 94.0 cm³/mol. The number of rotatable bonds is 5. The molecule has 0 unspecified atom stereocenters. The molecule has 2 aliphatic rings. The van der Waals surface area contributed by atoms with Gasteiger partial charge in [0.05, 0.1) is 0 Å². The van der Waals surface area contributed by atoms with Gasteiger partial charge in [-0.2, -0.15) is 0 Å². The number of fused-ring (bicyclic) bond motifs is 1. The third kappa shape index (κ3) is 3.22. The van der Waals surface area contributed by atoms with Gasteiger partial charge in [0.25, 0.3) is 0 Å². The summed E-state index contributed by atoms with van der Waals surface area (Å²) >= 11 is 1.84. The van der Waals surface area contributed by atoms with Crippen LogP contribution in [0.5, 0.6) is 0 Å². The number of hydrogen-bond donors (Lipinski definition) is 1. The van der Waals surface area contributed by atoms with Crippen LogP contribution in [0.3, 0.4) is 0 Å². The van der Waals surface area contributed by atoms with Crippen molar-refractivity contribution in [2.45, 2.75) is 33.7 Å². The summed E-state index contributed by atoms with van der Waals surface area (Å²) < 4.78 is 0. The second-order valence-corrected chi connectivity index (χ2v) is 8.95. The van der Waals surface area contributed by atoms with Crippen LogP contribution in [0.25, 0.3) is 0 Å². The van der Waals surface area contributed by atoms with Crippen molar-refractivity contribution in [2.75, 3.05) is 26.2 Å². The Labute approximate surface area is 147 Å². The Hall–Kier alpha value is -1.40. The van der Waals surface area contributed by atoms with Crippen molar-refractivity contribution in [1.82, 2.24) is 9.80 Å². The van der Waals surface area contributed by atoms with Crippen molar-refractivity contribution in [3.05, 3.63) is 21.9 Å². The van der Waals surface area contributed by atoms with Crippen LogP contribution in [0.1, 0.15) is 30.5 Å². The van der Waals surface area contributed by atoms with E-state index in [9.17, 15) is 14.7 Å². The first-order chi connectivity index (χ1) is 11.3.